The fourth-order valence-corrected chi connectivity index (χ4v) is 6.61. The van der Waals surface area contributed by atoms with Crippen LogP contribution in [0.3, 0.4) is 0 Å². The van der Waals surface area contributed by atoms with E-state index in [0.717, 1.165) is 22.3 Å². The quantitative estimate of drug-likeness (QED) is 0.139. The highest BCUT2D eigenvalue weighted by Crippen LogP contribution is 2.28. The second kappa shape index (κ2) is 15.2. The van der Waals surface area contributed by atoms with Gasteiger partial charge in [0.2, 0.25) is 9.84 Å². The lowest BCUT2D eigenvalue weighted by molar-refractivity contribution is 0.0995. The lowest BCUT2D eigenvalue weighted by atomic mass is 10.1. The van der Waals surface area contributed by atoms with Crippen molar-refractivity contribution in [2.45, 2.75) is 35.5 Å². The van der Waals surface area contributed by atoms with Gasteiger partial charge in [0.15, 0.2) is 0 Å². The number of nitrogens with two attached hydrogens (primary N) is 1. The van der Waals surface area contributed by atoms with Crippen LogP contribution in [0.4, 0.5) is 0 Å². The molecule has 0 saturated heterocycles. The molecule has 0 saturated carbocycles. The summed E-state index contributed by atoms with van der Waals surface area (Å²) in [4.78, 5) is 14.4. The number of aliphatic hydroxyl groups is 1. The van der Waals surface area contributed by atoms with Crippen LogP contribution in [0, 0.1) is 0 Å². The predicted molar refractivity (Wildman–Crippen MR) is 179 cm³/mol. The van der Waals surface area contributed by atoms with Crippen molar-refractivity contribution in [1.82, 2.24) is 4.90 Å². The standard InChI is InChI=1S/C37H35ClN2O5S/c38-31-13-7-12-30(22-31)35(41)25-40(24-28-8-3-1-4-9-28)21-20-27-14-16-32(17-15-27)46(43,44)33-18-19-36(34(23-33)37(39)42)45-26-29-10-5-2-6-11-29/h1-19,22-23,35,41H,20-21,24-26H2,(H2,39,42)/t35-/m1/s1. The molecule has 7 nitrogen and oxygen atoms in total. The molecule has 0 fully saturated rings. The Morgan fingerprint density at radius 1 is 0.783 bits per heavy atom. The minimum absolute atomic E-state index is 0.00732. The lowest BCUT2D eigenvalue weighted by Crippen LogP contribution is -2.30. The molecule has 0 unspecified atom stereocenters. The fraction of sp³-hybridized carbons (Fsp3) is 0.162. The van der Waals surface area contributed by atoms with E-state index in [9.17, 15) is 18.3 Å². The minimum atomic E-state index is -3.94. The number of nitrogens with zero attached hydrogens (tertiary/aromatic N) is 1. The second-order valence-electron chi connectivity index (χ2n) is 11.0. The Kier molecular flexibility index (Phi) is 10.9. The molecule has 1 atom stereocenters. The predicted octanol–water partition coefficient (Wildman–Crippen LogP) is 6.63. The summed E-state index contributed by atoms with van der Waals surface area (Å²) in [6, 6.07) is 37.5. The number of sulfone groups is 1. The smallest absolute Gasteiger partial charge is 0.252 e. The Balaban J connectivity index is 1.28. The van der Waals surface area contributed by atoms with Crippen LogP contribution in [0.15, 0.2) is 137 Å². The number of primary amides is 1. The van der Waals surface area contributed by atoms with Gasteiger partial charge in [0, 0.05) is 24.7 Å². The normalized spacial score (nSPS) is 12.2. The van der Waals surface area contributed by atoms with E-state index in [-0.39, 0.29) is 27.7 Å². The summed E-state index contributed by atoms with van der Waals surface area (Å²) in [5, 5.41) is 11.5. The number of carbonyl (C=O) groups is 1. The largest absolute Gasteiger partial charge is 0.488 e. The van der Waals surface area contributed by atoms with E-state index in [1.165, 1.54) is 18.2 Å². The number of carbonyl (C=O) groups excluding carboxylic acids is 1. The van der Waals surface area contributed by atoms with Crippen LogP contribution in [0.5, 0.6) is 5.75 Å². The van der Waals surface area contributed by atoms with E-state index < -0.39 is 21.8 Å². The first-order chi connectivity index (χ1) is 22.2. The van der Waals surface area contributed by atoms with Crippen molar-refractivity contribution >= 4 is 27.3 Å². The first-order valence-electron chi connectivity index (χ1n) is 14.8. The third-order valence-corrected chi connectivity index (χ3v) is 9.63. The number of hydrogen-bond donors (Lipinski definition) is 2. The Labute approximate surface area is 274 Å². The van der Waals surface area contributed by atoms with Gasteiger partial charge in [-0.1, -0.05) is 96.5 Å². The monoisotopic (exact) mass is 654 g/mol. The number of hydrogen-bond acceptors (Lipinski definition) is 6. The van der Waals surface area contributed by atoms with Crippen molar-refractivity contribution in [3.8, 4) is 5.75 Å². The molecule has 0 radical (unpaired) electrons. The Hall–Kier alpha value is -4.47. The second-order valence-corrected chi connectivity index (χ2v) is 13.4. The molecule has 0 aliphatic carbocycles. The Morgan fingerprint density at radius 3 is 2.09 bits per heavy atom. The highest BCUT2D eigenvalue weighted by Gasteiger charge is 2.22. The molecular weight excluding hydrogens is 620 g/mol. The van der Waals surface area contributed by atoms with Gasteiger partial charge >= 0.3 is 0 Å². The first kappa shape index (κ1) is 32.9. The van der Waals surface area contributed by atoms with Gasteiger partial charge in [-0.2, -0.15) is 0 Å². The number of rotatable bonds is 14. The van der Waals surface area contributed by atoms with Crippen LogP contribution < -0.4 is 10.5 Å². The highest BCUT2D eigenvalue weighted by atomic mass is 35.5. The van der Waals surface area contributed by atoms with Crippen molar-refractivity contribution in [2.75, 3.05) is 13.1 Å². The van der Waals surface area contributed by atoms with Crippen LogP contribution >= 0.6 is 11.6 Å². The number of halogens is 1. The van der Waals surface area contributed by atoms with E-state index in [2.05, 4.69) is 4.90 Å². The molecule has 5 rings (SSSR count). The SMILES string of the molecule is NC(=O)c1cc(S(=O)(=O)c2ccc(CCN(Cc3ccccc3)C[C@@H](O)c3cccc(Cl)c3)cc2)ccc1OCc1ccccc1. The van der Waals surface area contributed by atoms with Gasteiger partial charge in [-0.15, -0.1) is 0 Å². The zero-order valence-electron chi connectivity index (χ0n) is 25.1. The summed E-state index contributed by atoms with van der Waals surface area (Å²) in [5.74, 6) is -0.567. The van der Waals surface area contributed by atoms with E-state index in [1.54, 1.807) is 36.4 Å². The molecule has 5 aromatic carbocycles. The average molecular weight is 655 g/mol. The Bertz CT molecular complexity index is 1870. The molecular formula is C37H35ClN2O5S. The van der Waals surface area contributed by atoms with Crippen molar-refractivity contribution in [3.05, 3.63) is 160 Å². The van der Waals surface area contributed by atoms with Gasteiger partial charge < -0.3 is 15.6 Å². The summed E-state index contributed by atoms with van der Waals surface area (Å²) in [5.41, 5.74) is 9.29. The number of amides is 1. The molecule has 46 heavy (non-hydrogen) atoms. The van der Waals surface area contributed by atoms with Crippen molar-refractivity contribution in [2.24, 2.45) is 5.73 Å². The molecule has 0 spiro atoms. The molecule has 0 bridgehead atoms. The summed E-state index contributed by atoms with van der Waals surface area (Å²) >= 11 is 6.15. The topological polar surface area (TPSA) is 110 Å². The van der Waals surface area contributed by atoms with Gasteiger partial charge in [0.25, 0.3) is 5.91 Å². The summed E-state index contributed by atoms with van der Waals surface area (Å²) < 4.78 is 32.8. The third-order valence-electron chi connectivity index (χ3n) is 7.63. The number of aliphatic hydroxyl groups excluding tert-OH is 1. The van der Waals surface area contributed by atoms with Crippen LogP contribution in [-0.4, -0.2) is 37.4 Å². The van der Waals surface area contributed by atoms with Crippen molar-refractivity contribution < 1.29 is 23.1 Å². The summed E-state index contributed by atoms with van der Waals surface area (Å²) in [6.07, 6.45) is -0.0929. The average Bonchev–Trinajstić information content (AvgIpc) is 3.07. The van der Waals surface area contributed by atoms with Crippen LogP contribution in [0.25, 0.3) is 0 Å². The molecule has 9 heteroatoms. The zero-order chi connectivity index (χ0) is 32.5. The van der Waals surface area contributed by atoms with Gasteiger partial charge in [-0.3, -0.25) is 9.69 Å². The maximum absolute atomic E-state index is 13.5. The molecule has 0 heterocycles. The van der Waals surface area contributed by atoms with E-state index in [1.807, 2.05) is 72.8 Å². The fourth-order valence-electron chi connectivity index (χ4n) is 5.13. The maximum atomic E-state index is 13.5. The zero-order valence-corrected chi connectivity index (χ0v) is 26.7. The van der Waals surface area contributed by atoms with E-state index >= 15 is 0 Å². The van der Waals surface area contributed by atoms with Crippen molar-refractivity contribution in [3.63, 3.8) is 0 Å². The molecule has 0 aliphatic rings. The highest BCUT2D eigenvalue weighted by molar-refractivity contribution is 7.91. The maximum Gasteiger partial charge on any atom is 0.252 e. The molecule has 236 valence electrons. The molecule has 0 aromatic heterocycles. The van der Waals surface area contributed by atoms with Crippen molar-refractivity contribution in [1.29, 1.82) is 0 Å². The summed E-state index contributed by atoms with van der Waals surface area (Å²) in [6.45, 7) is 1.87. The van der Waals surface area contributed by atoms with E-state index in [4.69, 9.17) is 22.1 Å². The lowest BCUT2D eigenvalue weighted by Gasteiger charge is -2.25. The molecule has 5 aromatic rings. The van der Waals surface area contributed by atoms with Gasteiger partial charge in [0.05, 0.1) is 21.5 Å². The number of benzene rings is 5. The summed E-state index contributed by atoms with van der Waals surface area (Å²) in [7, 11) is -3.94. The Morgan fingerprint density at radius 2 is 1.43 bits per heavy atom. The van der Waals surface area contributed by atoms with Gasteiger partial charge in [0.1, 0.15) is 12.4 Å². The third kappa shape index (κ3) is 8.62. The molecule has 3 N–H and O–H groups in total. The number of ether oxygens (including phenoxy) is 1. The van der Waals surface area contributed by atoms with E-state index in [0.29, 0.717) is 31.1 Å². The van der Waals surface area contributed by atoms with Gasteiger partial charge in [-0.05, 0) is 71.1 Å². The molecule has 0 aliphatic heterocycles. The van der Waals surface area contributed by atoms with Gasteiger partial charge in [-0.25, -0.2) is 8.42 Å². The first-order valence-corrected chi connectivity index (χ1v) is 16.7. The minimum Gasteiger partial charge on any atom is -0.488 e. The van der Waals surface area contributed by atoms with Crippen LogP contribution in [0.2, 0.25) is 5.02 Å². The molecule has 1 amide bonds. The van der Waals surface area contributed by atoms with Crippen LogP contribution in [-0.2, 0) is 29.4 Å². The van der Waals surface area contributed by atoms with Crippen LogP contribution in [0.1, 0.15) is 38.7 Å².